The number of ether oxygens (including phenoxy) is 1. The van der Waals surface area contributed by atoms with Gasteiger partial charge in [0.05, 0.1) is 17.1 Å². The number of halogens is 1. The van der Waals surface area contributed by atoms with E-state index in [2.05, 4.69) is 23.5 Å². The molecule has 0 atom stereocenters. The Morgan fingerprint density at radius 1 is 0.885 bits per heavy atom. The lowest BCUT2D eigenvalue weighted by Gasteiger charge is -2.12. The molecule has 3 rings (SSSR count). The summed E-state index contributed by atoms with van der Waals surface area (Å²) in [5.74, 6) is 0.639. The zero-order valence-corrected chi connectivity index (χ0v) is 15.1. The maximum Gasteiger partial charge on any atom is 0.252 e. The number of hydrogen-bond acceptors (Lipinski definition) is 2. The van der Waals surface area contributed by atoms with Crippen molar-refractivity contribution in [2.75, 3.05) is 13.2 Å². The van der Waals surface area contributed by atoms with Crippen molar-refractivity contribution in [3.63, 3.8) is 0 Å². The predicted molar refractivity (Wildman–Crippen MR) is 105 cm³/mol. The van der Waals surface area contributed by atoms with E-state index in [1.807, 2.05) is 36.4 Å². The Hall–Kier alpha value is -2.78. The molecule has 0 heterocycles. The molecule has 0 aliphatic rings. The monoisotopic (exact) mass is 365 g/mol. The van der Waals surface area contributed by atoms with Crippen molar-refractivity contribution >= 4 is 17.5 Å². The minimum atomic E-state index is -0.197. The van der Waals surface area contributed by atoms with Crippen molar-refractivity contribution in [1.82, 2.24) is 5.32 Å². The van der Waals surface area contributed by atoms with E-state index in [1.54, 1.807) is 24.3 Å². The third-order valence-corrected chi connectivity index (χ3v) is 4.30. The van der Waals surface area contributed by atoms with Gasteiger partial charge >= 0.3 is 0 Å². The summed E-state index contributed by atoms with van der Waals surface area (Å²) in [4.78, 5) is 12.1. The molecular weight excluding hydrogens is 346 g/mol. The van der Waals surface area contributed by atoms with Crippen LogP contribution in [0, 0.1) is 0 Å². The number of carbonyl (C=O) groups is 1. The summed E-state index contributed by atoms with van der Waals surface area (Å²) in [6.07, 6.45) is 0.809. The number of nitrogens with one attached hydrogen (secondary N) is 1. The van der Waals surface area contributed by atoms with Gasteiger partial charge in [-0.05, 0) is 29.3 Å². The van der Waals surface area contributed by atoms with E-state index in [0.29, 0.717) is 23.7 Å². The molecule has 3 aromatic carbocycles. The van der Waals surface area contributed by atoms with Crippen molar-refractivity contribution in [1.29, 1.82) is 0 Å². The van der Waals surface area contributed by atoms with Crippen LogP contribution < -0.4 is 10.1 Å². The van der Waals surface area contributed by atoms with Crippen LogP contribution in [0.1, 0.15) is 21.5 Å². The minimum Gasteiger partial charge on any atom is -0.491 e. The summed E-state index contributed by atoms with van der Waals surface area (Å²) < 4.78 is 5.88. The predicted octanol–water partition coefficient (Wildman–Crippen LogP) is 4.74. The number of carbonyl (C=O) groups excluding carboxylic acids is 1. The molecule has 3 aromatic rings. The van der Waals surface area contributed by atoms with Gasteiger partial charge in [0.1, 0.15) is 12.4 Å². The Morgan fingerprint density at radius 3 is 2.38 bits per heavy atom. The molecule has 0 unspecified atom stereocenters. The number of benzene rings is 3. The molecule has 0 aromatic heterocycles. The smallest absolute Gasteiger partial charge is 0.252 e. The lowest BCUT2D eigenvalue weighted by Crippen LogP contribution is -2.28. The van der Waals surface area contributed by atoms with E-state index < -0.39 is 0 Å². The third kappa shape index (κ3) is 4.87. The van der Waals surface area contributed by atoms with Crippen molar-refractivity contribution < 1.29 is 9.53 Å². The first-order valence-electron chi connectivity index (χ1n) is 8.51. The van der Waals surface area contributed by atoms with Crippen LogP contribution in [0.15, 0.2) is 78.9 Å². The second-order valence-electron chi connectivity index (χ2n) is 5.85. The van der Waals surface area contributed by atoms with E-state index in [9.17, 15) is 4.79 Å². The van der Waals surface area contributed by atoms with Gasteiger partial charge in [-0.1, -0.05) is 72.3 Å². The fraction of sp³-hybridized carbons (Fsp3) is 0.136. The lowest BCUT2D eigenvalue weighted by molar-refractivity contribution is 0.0947. The van der Waals surface area contributed by atoms with Gasteiger partial charge in [0.15, 0.2) is 0 Å². The van der Waals surface area contributed by atoms with Crippen molar-refractivity contribution in [2.45, 2.75) is 6.42 Å². The Bertz CT molecular complexity index is 865. The highest BCUT2D eigenvalue weighted by Gasteiger charge is 2.09. The summed E-state index contributed by atoms with van der Waals surface area (Å²) in [5.41, 5.74) is 2.82. The zero-order valence-electron chi connectivity index (χ0n) is 14.3. The van der Waals surface area contributed by atoms with Gasteiger partial charge in [0.2, 0.25) is 0 Å². The van der Waals surface area contributed by atoms with Crippen LogP contribution in [-0.4, -0.2) is 19.1 Å². The first-order valence-corrected chi connectivity index (χ1v) is 8.89. The second-order valence-corrected chi connectivity index (χ2v) is 6.26. The fourth-order valence-corrected chi connectivity index (χ4v) is 2.89. The van der Waals surface area contributed by atoms with E-state index in [4.69, 9.17) is 16.3 Å². The maximum absolute atomic E-state index is 12.1. The van der Waals surface area contributed by atoms with Gasteiger partial charge in [-0.2, -0.15) is 0 Å². The largest absolute Gasteiger partial charge is 0.491 e. The Labute approximate surface area is 158 Å². The van der Waals surface area contributed by atoms with E-state index in [-0.39, 0.29) is 5.91 Å². The second kappa shape index (κ2) is 9.07. The van der Waals surface area contributed by atoms with Crippen LogP contribution >= 0.6 is 11.6 Å². The molecule has 0 spiro atoms. The average Bonchev–Trinajstić information content (AvgIpc) is 2.67. The minimum absolute atomic E-state index is 0.197. The average molecular weight is 366 g/mol. The lowest BCUT2D eigenvalue weighted by atomic mass is 10.0. The number of hydrogen-bond donors (Lipinski definition) is 1. The molecule has 0 aliphatic carbocycles. The maximum atomic E-state index is 12.1. The molecule has 132 valence electrons. The summed E-state index contributed by atoms with van der Waals surface area (Å²) in [7, 11) is 0. The highest BCUT2D eigenvalue weighted by molar-refractivity contribution is 6.33. The molecular formula is C22H20ClNO2. The Morgan fingerprint density at radius 2 is 1.58 bits per heavy atom. The van der Waals surface area contributed by atoms with E-state index >= 15 is 0 Å². The van der Waals surface area contributed by atoms with Crippen LogP contribution in [0.3, 0.4) is 0 Å². The highest BCUT2D eigenvalue weighted by Crippen LogP contribution is 2.21. The molecule has 3 nitrogen and oxygen atoms in total. The van der Waals surface area contributed by atoms with Crippen molar-refractivity contribution in [3.8, 4) is 5.75 Å². The van der Waals surface area contributed by atoms with Gasteiger partial charge in [-0.15, -0.1) is 0 Å². The molecule has 0 fully saturated rings. The molecule has 1 N–H and O–H groups in total. The number of amides is 1. The molecule has 4 heteroatoms. The quantitative estimate of drug-likeness (QED) is 0.614. The van der Waals surface area contributed by atoms with Gasteiger partial charge in [0.25, 0.3) is 5.91 Å². The molecule has 0 saturated carbocycles. The van der Waals surface area contributed by atoms with Gasteiger partial charge in [0, 0.05) is 6.42 Å². The topological polar surface area (TPSA) is 38.3 Å². The number of rotatable bonds is 7. The van der Waals surface area contributed by atoms with E-state index in [0.717, 1.165) is 17.7 Å². The summed E-state index contributed by atoms with van der Waals surface area (Å²) >= 11 is 6.03. The fourth-order valence-electron chi connectivity index (χ4n) is 2.67. The first kappa shape index (κ1) is 18.0. The third-order valence-electron chi connectivity index (χ3n) is 3.97. The molecule has 0 radical (unpaired) electrons. The SMILES string of the molecule is O=C(NCCOc1ccccc1Cc1ccccc1)c1ccccc1Cl. The molecule has 26 heavy (non-hydrogen) atoms. The molecule has 0 saturated heterocycles. The molecule has 0 bridgehead atoms. The van der Waals surface area contributed by atoms with Crippen LogP contribution in [0.25, 0.3) is 0 Å². The van der Waals surface area contributed by atoms with Crippen LogP contribution in [-0.2, 0) is 6.42 Å². The standard InChI is InChI=1S/C22H20ClNO2/c23-20-12-6-5-11-19(20)22(25)24-14-15-26-21-13-7-4-10-18(21)16-17-8-2-1-3-9-17/h1-13H,14-16H2,(H,24,25). The zero-order chi connectivity index (χ0) is 18.2. The van der Waals surface area contributed by atoms with Crippen molar-refractivity contribution in [3.05, 3.63) is 101 Å². The van der Waals surface area contributed by atoms with E-state index in [1.165, 1.54) is 5.56 Å². The summed E-state index contributed by atoms with van der Waals surface area (Å²) in [6, 6.07) is 25.2. The molecule has 0 aliphatic heterocycles. The summed E-state index contributed by atoms with van der Waals surface area (Å²) in [6.45, 7) is 0.797. The van der Waals surface area contributed by atoms with Crippen LogP contribution in [0.2, 0.25) is 5.02 Å². The Kier molecular flexibility index (Phi) is 6.29. The Balaban J connectivity index is 1.54. The van der Waals surface area contributed by atoms with Crippen molar-refractivity contribution in [2.24, 2.45) is 0 Å². The van der Waals surface area contributed by atoms with Crippen LogP contribution in [0.4, 0.5) is 0 Å². The molecule has 1 amide bonds. The first-order chi connectivity index (χ1) is 12.7. The van der Waals surface area contributed by atoms with Gasteiger partial charge in [-0.3, -0.25) is 4.79 Å². The summed E-state index contributed by atoms with van der Waals surface area (Å²) in [5, 5.41) is 3.27. The normalized spacial score (nSPS) is 10.3. The van der Waals surface area contributed by atoms with Gasteiger partial charge in [-0.25, -0.2) is 0 Å². The van der Waals surface area contributed by atoms with Gasteiger partial charge < -0.3 is 10.1 Å². The number of para-hydroxylation sites is 1. The highest BCUT2D eigenvalue weighted by atomic mass is 35.5. The van der Waals surface area contributed by atoms with Crippen LogP contribution in [0.5, 0.6) is 5.75 Å².